The van der Waals surface area contributed by atoms with Crippen molar-refractivity contribution in [1.82, 2.24) is 0 Å². The maximum absolute atomic E-state index is 5.64. The molecule has 0 aliphatic carbocycles. The van der Waals surface area contributed by atoms with Crippen LogP contribution >= 0.6 is 12.4 Å². The lowest BCUT2D eigenvalue weighted by Gasteiger charge is -2.05. The first kappa shape index (κ1) is 12.6. The van der Waals surface area contributed by atoms with Crippen LogP contribution in [0.25, 0.3) is 0 Å². The molecule has 0 saturated heterocycles. The molecule has 2 rings (SSSR count). The number of rotatable bonds is 3. The van der Waals surface area contributed by atoms with E-state index in [2.05, 4.69) is 0 Å². The van der Waals surface area contributed by atoms with Gasteiger partial charge in [-0.25, -0.2) is 0 Å². The first-order chi connectivity index (χ1) is 7.38. The average Bonchev–Trinajstić information content (AvgIpc) is 2.31. The maximum atomic E-state index is 5.64. The summed E-state index contributed by atoms with van der Waals surface area (Å²) in [5, 5.41) is 0. The predicted molar refractivity (Wildman–Crippen MR) is 68.1 cm³/mol. The SMILES string of the molecule is Cl.NCc1ccc(Oc2ccccc2)cc1. The molecule has 0 aliphatic heterocycles. The molecule has 0 spiro atoms. The van der Waals surface area contributed by atoms with Crippen molar-refractivity contribution < 1.29 is 4.74 Å². The Kier molecular flexibility index (Phi) is 4.83. The third-order valence-corrected chi connectivity index (χ3v) is 2.14. The number of hydrogen-bond donors (Lipinski definition) is 1. The normalized spacial score (nSPS) is 9.31. The Morgan fingerprint density at radius 1 is 0.812 bits per heavy atom. The van der Waals surface area contributed by atoms with Crippen molar-refractivity contribution in [2.75, 3.05) is 0 Å². The molecule has 0 amide bonds. The highest BCUT2D eigenvalue weighted by molar-refractivity contribution is 5.85. The Morgan fingerprint density at radius 2 is 1.38 bits per heavy atom. The third-order valence-electron chi connectivity index (χ3n) is 2.14. The van der Waals surface area contributed by atoms with Crippen LogP contribution in [0.2, 0.25) is 0 Å². The first-order valence-corrected chi connectivity index (χ1v) is 4.90. The van der Waals surface area contributed by atoms with Crippen molar-refractivity contribution in [3.8, 4) is 11.5 Å². The number of ether oxygens (including phenoxy) is 1. The van der Waals surface area contributed by atoms with Crippen molar-refractivity contribution in [3.05, 3.63) is 60.2 Å². The molecule has 0 atom stereocenters. The van der Waals surface area contributed by atoms with Crippen molar-refractivity contribution in [2.24, 2.45) is 5.73 Å². The van der Waals surface area contributed by atoms with Gasteiger partial charge in [-0.1, -0.05) is 30.3 Å². The summed E-state index contributed by atoms with van der Waals surface area (Å²) < 4.78 is 5.64. The maximum Gasteiger partial charge on any atom is 0.127 e. The number of para-hydroxylation sites is 1. The Bertz CT molecular complexity index is 414. The Hall–Kier alpha value is -1.51. The highest BCUT2D eigenvalue weighted by Crippen LogP contribution is 2.20. The molecule has 2 N–H and O–H groups in total. The summed E-state index contributed by atoms with van der Waals surface area (Å²) in [5.74, 6) is 1.68. The second kappa shape index (κ2) is 6.16. The summed E-state index contributed by atoms with van der Waals surface area (Å²) in [6.07, 6.45) is 0. The molecule has 84 valence electrons. The average molecular weight is 236 g/mol. The van der Waals surface area contributed by atoms with Gasteiger partial charge in [0.25, 0.3) is 0 Å². The first-order valence-electron chi connectivity index (χ1n) is 4.90. The molecule has 0 unspecified atom stereocenters. The molecule has 0 radical (unpaired) electrons. The molecule has 0 heterocycles. The van der Waals surface area contributed by atoms with Crippen LogP contribution in [0.4, 0.5) is 0 Å². The second-order valence-electron chi connectivity index (χ2n) is 3.26. The van der Waals surface area contributed by atoms with E-state index in [-0.39, 0.29) is 12.4 Å². The monoisotopic (exact) mass is 235 g/mol. The fourth-order valence-electron chi connectivity index (χ4n) is 1.32. The third kappa shape index (κ3) is 3.26. The van der Waals surface area contributed by atoms with Gasteiger partial charge in [-0.05, 0) is 29.8 Å². The molecule has 3 heteroatoms. The van der Waals surface area contributed by atoms with Gasteiger partial charge in [-0.15, -0.1) is 12.4 Å². The summed E-state index contributed by atoms with van der Waals surface area (Å²) in [7, 11) is 0. The molecule has 0 aliphatic rings. The lowest BCUT2D eigenvalue weighted by Crippen LogP contribution is -1.95. The van der Waals surface area contributed by atoms with Crippen LogP contribution in [0.5, 0.6) is 11.5 Å². The molecule has 2 aromatic carbocycles. The zero-order valence-electron chi connectivity index (χ0n) is 8.80. The lowest BCUT2D eigenvalue weighted by molar-refractivity contribution is 0.482. The Balaban J connectivity index is 0.00000128. The van der Waals surface area contributed by atoms with Crippen molar-refractivity contribution in [3.63, 3.8) is 0 Å². The predicted octanol–water partition coefficient (Wildman–Crippen LogP) is 3.36. The van der Waals surface area contributed by atoms with Gasteiger partial charge in [0.15, 0.2) is 0 Å². The highest BCUT2D eigenvalue weighted by Gasteiger charge is 1.95. The molecule has 2 nitrogen and oxygen atoms in total. The van der Waals surface area contributed by atoms with Gasteiger partial charge in [-0.3, -0.25) is 0 Å². The van der Waals surface area contributed by atoms with E-state index in [0.717, 1.165) is 17.1 Å². The minimum absolute atomic E-state index is 0. The smallest absolute Gasteiger partial charge is 0.127 e. The summed E-state index contributed by atoms with van der Waals surface area (Å²) in [6.45, 7) is 0.561. The Labute approximate surface area is 101 Å². The van der Waals surface area contributed by atoms with Crippen LogP contribution in [0.15, 0.2) is 54.6 Å². The minimum Gasteiger partial charge on any atom is -0.457 e. The van der Waals surface area contributed by atoms with Gasteiger partial charge in [0.2, 0.25) is 0 Å². The van der Waals surface area contributed by atoms with Crippen LogP contribution < -0.4 is 10.5 Å². The molecule has 0 aromatic heterocycles. The second-order valence-corrected chi connectivity index (χ2v) is 3.26. The zero-order valence-corrected chi connectivity index (χ0v) is 9.61. The molecule has 0 fully saturated rings. The van der Waals surface area contributed by atoms with E-state index in [1.54, 1.807) is 0 Å². The number of nitrogens with two attached hydrogens (primary N) is 1. The summed E-state index contributed by atoms with van der Waals surface area (Å²) in [5.41, 5.74) is 6.62. The molecule has 0 bridgehead atoms. The van der Waals surface area contributed by atoms with Gasteiger partial charge < -0.3 is 10.5 Å². The highest BCUT2D eigenvalue weighted by atomic mass is 35.5. The van der Waals surface area contributed by atoms with Gasteiger partial charge >= 0.3 is 0 Å². The fraction of sp³-hybridized carbons (Fsp3) is 0.0769. The Morgan fingerprint density at radius 3 is 1.94 bits per heavy atom. The summed E-state index contributed by atoms with van der Waals surface area (Å²) in [4.78, 5) is 0. The van der Waals surface area contributed by atoms with Gasteiger partial charge in [0, 0.05) is 6.54 Å². The van der Waals surface area contributed by atoms with Crippen LogP contribution in [0.3, 0.4) is 0 Å². The standard InChI is InChI=1S/C13H13NO.ClH/c14-10-11-6-8-13(9-7-11)15-12-4-2-1-3-5-12;/h1-9H,10,14H2;1H. The van der Waals surface area contributed by atoms with Crippen molar-refractivity contribution in [2.45, 2.75) is 6.54 Å². The van der Waals surface area contributed by atoms with E-state index in [9.17, 15) is 0 Å². The van der Waals surface area contributed by atoms with Crippen LogP contribution in [0, 0.1) is 0 Å². The van der Waals surface area contributed by atoms with E-state index in [1.165, 1.54) is 0 Å². The minimum atomic E-state index is 0. The lowest BCUT2D eigenvalue weighted by atomic mass is 10.2. The van der Waals surface area contributed by atoms with Gasteiger partial charge in [0.05, 0.1) is 0 Å². The van der Waals surface area contributed by atoms with E-state index >= 15 is 0 Å². The van der Waals surface area contributed by atoms with Crippen LogP contribution in [-0.4, -0.2) is 0 Å². The van der Waals surface area contributed by atoms with E-state index < -0.39 is 0 Å². The number of benzene rings is 2. The van der Waals surface area contributed by atoms with Gasteiger partial charge in [-0.2, -0.15) is 0 Å². The molecule has 2 aromatic rings. The summed E-state index contributed by atoms with van der Waals surface area (Å²) >= 11 is 0. The molecule has 16 heavy (non-hydrogen) atoms. The quantitative estimate of drug-likeness (QED) is 0.886. The van der Waals surface area contributed by atoms with E-state index in [0.29, 0.717) is 6.54 Å². The summed E-state index contributed by atoms with van der Waals surface area (Å²) in [6, 6.07) is 17.5. The molecule has 0 saturated carbocycles. The zero-order chi connectivity index (χ0) is 10.5. The number of hydrogen-bond acceptors (Lipinski definition) is 2. The van der Waals surface area contributed by atoms with Crippen molar-refractivity contribution in [1.29, 1.82) is 0 Å². The van der Waals surface area contributed by atoms with E-state index in [4.69, 9.17) is 10.5 Å². The topological polar surface area (TPSA) is 35.2 Å². The van der Waals surface area contributed by atoms with Crippen molar-refractivity contribution >= 4 is 12.4 Å². The largest absolute Gasteiger partial charge is 0.457 e. The molecular formula is C13H14ClNO. The number of halogens is 1. The molecular weight excluding hydrogens is 222 g/mol. The van der Waals surface area contributed by atoms with Crippen LogP contribution in [0.1, 0.15) is 5.56 Å². The van der Waals surface area contributed by atoms with Crippen LogP contribution in [-0.2, 0) is 6.54 Å². The fourth-order valence-corrected chi connectivity index (χ4v) is 1.32. The van der Waals surface area contributed by atoms with E-state index in [1.807, 2.05) is 54.6 Å². The van der Waals surface area contributed by atoms with Gasteiger partial charge in [0.1, 0.15) is 11.5 Å².